The molecule has 1 amide bonds. The maximum atomic E-state index is 13.1. The van der Waals surface area contributed by atoms with E-state index in [2.05, 4.69) is 0 Å². The van der Waals surface area contributed by atoms with Crippen molar-refractivity contribution in [1.29, 1.82) is 0 Å². The molecule has 0 heterocycles. The molecule has 108 valence electrons. The Balaban J connectivity index is 2.33. The van der Waals surface area contributed by atoms with Crippen LogP contribution in [0.2, 0.25) is 0 Å². The molecule has 1 aliphatic carbocycles. The van der Waals surface area contributed by atoms with Gasteiger partial charge in [0.2, 0.25) is 5.91 Å². The molecule has 0 spiro atoms. The lowest BCUT2D eigenvalue weighted by Crippen LogP contribution is -2.51. The van der Waals surface area contributed by atoms with E-state index in [9.17, 15) is 4.79 Å². The Morgan fingerprint density at radius 3 is 2.35 bits per heavy atom. The van der Waals surface area contributed by atoms with Gasteiger partial charge in [-0.25, -0.2) is 0 Å². The van der Waals surface area contributed by atoms with Crippen molar-refractivity contribution >= 4 is 28.8 Å². The van der Waals surface area contributed by atoms with Crippen LogP contribution >= 0.6 is 12.2 Å². The van der Waals surface area contributed by atoms with Gasteiger partial charge in [-0.1, -0.05) is 49.7 Å². The standard InChI is InChI=1S/C16H22N2OS/c1-2-18(13-9-5-3-6-10-13)15(19)16(14(17)20)11-7-4-8-12-16/h3,5-6,9-10H,2,4,7-8,11-12H2,1H3,(H2,17,20). The molecule has 0 atom stereocenters. The minimum Gasteiger partial charge on any atom is -0.392 e. The Labute approximate surface area is 126 Å². The molecule has 20 heavy (non-hydrogen) atoms. The molecule has 0 bridgehead atoms. The Hall–Kier alpha value is -1.42. The van der Waals surface area contributed by atoms with E-state index in [1.54, 1.807) is 0 Å². The maximum Gasteiger partial charge on any atom is 0.240 e. The van der Waals surface area contributed by atoms with Crippen LogP contribution in [0.15, 0.2) is 30.3 Å². The first-order chi connectivity index (χ1) is 9.62. The molecule has 3 nitrogen and oxygen atoms in total. The highest BCUT2D eigenvalue weighted by atomic mass is 32.1. The molecule has 0 radical (unpaired) electrons. The summed E-state index contributed by atoms with van der Waals surface area (Å²) in [6, 6.07) is 9.75. The highest BCUT2D eigenvalue weighted by Crippen LogP contribution is 2.39. The zero-order chi connectivity index (χ0) is 14.6. The van der Waals surface area contributed by atoms with Crippen LogP contribution in [0.4, 0.5) is 5.69 Å². The Bertz CT molecular complexity index is 481. The first-order valence-electron chi connectivity index (χ1n) is 7.29. The predicted octanol–water partition coefficient (Wildman–Crippen LogP) is 3.28. The zero-order valence-corrected chi connectivity index (χ0v) is 12.8. The van der Waals surface area contributed by atoms with Crippen molar-refractivity contribution in [2.24, 2.45) is 11.1 Å². The highest BCUT2D eigenvalue weighted by molar-refractivity contribution is 7.80. The van der Waals surface area contributed by atoms with E-state index >= 15 is 0 Å². The van der Waals surface area contributed by atoms with Gasteiger partial charge in [0.1, 0.15) is 0 Å². The maximum absolute atomic E-state index is 13.1. The number of hydrogen-bond donors (Lipinski definition) is 1. The van der Waals surface area contributed by atoms with Crippen LogP contribution in [0.1, 0.15) is 39.0 Å². The number of hydrogen-bond acceptors (Lipinski definition) is 2. The highest BCUT2D eigenvalue weighted by Gasteiger charge is 2.44. The fourth-order valence-electron chi connectivity index (χ4n) is 3.03. The van der Waals surface area contributed by atoms with Crippen LogP contribution in [-0.2, 0) is 4.79 Å². The SMILES string of the molecule is CCN(C(=O)C1(C(N)=S)CCCCC1)c1ccccc1. The fraction of sp³-hybridized carbons (Fsp3) is 0.500. The van der Waals surface area contributed by atoms with E-state index in [4.69, 9.17) is 18.0 Å². The number of nitrogens with zero attached hydrogens (tertiary/aromatic N) is 1. The minimum absolute atomic E-state index is 0.0680. The molecule has 0 aromatic heterocycles. The molecule has 1 fully saturated rings. The number of nitrogens with two attached hydrogens (primary N) is 1. The zero-order valence-electron chi connectivity index (χ0n) is 12.0. The van der Waals surface area contributed by atoms with Gasteiger partial charge in [-0.2, -0.15) is 0 Å². The van der Waals surface area contributed by atoms with Gasteiger partial charge in [-0.05, 0) is 31.9 Å². The number of amides is 1. The minimum atomic E-state index is -0.639. The second kappa shape index (κ2) is 6.35. The summed E-state index contributed by atoms with van der Waals surface area (Å²) in [5.74, 6) is 0.0680. The summed E-state index contributed by atoms with van der Waals surface area (Å²) in [5.41, 5.74) is 6.24. The largest absolute Gasteiger partial charge is 0.392 e. The normalized spacial score (nSPS) is 17.4. The molecule has 1 saturated carbocycles. The van der Waals surface area contributed by atoms with Crippen molar-refractivity contribution in [2.45, 2.75) is 39.0 Å². The van der Waals surface area contributed by atoms with E-state index in [1.807, 2.05) is 42.2 Å². The van der Waals surface area contributed by atoms with E-state index < -0.39 is 5.41 Å². The first-order valence-corrected chi connectivity index (χ1v) is 7.69. The van der Waals surface area contributed by atoms with Gasteiger partial charge in [0.15, 0.2) is 0 Å². The van der Waals surface area contributed by atoms with Gasteiger partial charge in [0, 0.05) is 12.2 Å². The number of rotatable bonds is 4. The summed E-state index contributed by atoms with van der Waals surface area (Å²) in [7, 11) is 0. The Morgan fingerprint density at radius 1 is 1.25 bits per heavy atom. The van der Waals surface area contributed by atoms with Crippen molar-refractivity contribution in [3.63, 3.8) is 0 Å². The van der Waals surface area contributed by atoms with Gasteiger partial charge in [-0.15, -0.1) is 0 Å². The number of carbonyl (C=O) groups excluding carboxylic acids is 1. The molecule has 0 unspecified atom stereocenters. The number of anilines is 1. The molecule has 1 aliphatic rings. The molecule has 2 N–H and O–H groups in total. The van der Waals surface area contributed by atoms with Gasteiger partial charge >= 0.3 is 0 Å². The second-order valence-corrected chi connectivity index (χ2v) is 5.83. The Morgan fingerprint density at radius 2 is 1.85 bits per heavy atom. The van der Waals surface area contributed by atoms with Crippen molar-refractivity contribution in [3.05, 3.63) is 30.3 Å². The third kappa shape index (κ3) is 2.70. The lowest BCUT2D eigenvalue weighted by molar-refractivity contribution is -0.126. The monoisotopic (exact) mass is 290 g/mol. The molecule has 0 aliphatic heterocycles. The molecule has 0 saturated heterocycles. The second-order valence-electron chi connectivity index (χ2n) is 5.39. The molecular weight excluding hydrogens is 268 g/mol. The average molecular weight is 290 g/mol. The summed E-state index contributed by atoms with van der Waals surface area (Å²) in [4.78, 5) is 15.2. The lowest BCUT2D eigenvalue weighted by Gasteiger charge is -2.38. The fourth-order valence-corrected chi connectivity index (χ4v) is 3.32. The van der Waals surface area contributed by atoms with E-state index in [1.165, 1.54) is 0 Å². The van der Waals surface area contributed by atoms with Crippen molar-refractivity contribution in [1.82, 2.24) is 0 Å². The van der Waals surface area contributed by atoms with Gasteiger partial charge in [-0.3, -0.25) is 4.79 Å². The van der Waals surface area contributed by atoms with Crippen LogP contribution in [0, 0.1) is 5.41 Å². The first kappa shape index (κ1) is 15.0. The average Bonchev–Trinajstić information content (AvgIpc) is 2.49. The third-order valence-electron chi connectivity index (χ3n) is 4.22. The van der Waals surface area contributed by atoms with E-state index in [-0.39, 0.29) is 5.91 Å². The molecule has 1 aromatic carbocycles. The summed E-state index contributed by atoms with van der Waals surface area (Å²) < 4.78 is 0. The van der Waals surface area contributed by atoms with Gasteiger partial charge < -0.3 is 10.6 Å². The third-order valence-corrected chi connectivity index (χ3v) is 4.61. The predicted molar refractivity (Wildman–Crippen MR) is 86.8 cm³/mol. The van der Waals surface area contributed by atoms with Crippen molar-refractivity contribution < 1.29 is 4.79 Å². The quantitative estimate of drug-likeness (QED) is 0.866. The number of carbonyl (C=O) groups is 1. The number of benzene rings is 1. The summed E-state index contributed by atoms with van der Waals surface area (Å²) >= 11 is 5.25. The van der Waals surface area contributed by atoms with Crippen LogP contribution in [0.3, 0.4) is 0 Å². The summed E-state index contributed by atoms with van der Waals surface area (Å²) in [6.45, 7) is 2.62. The van der Waals surface area contributed by atoms with Crippen molar-refractivity contribution in [2.75, 3.05) is 11.4 Å². The van der Waals surface area contributed by atoms with Crippen LogP contribution in [-0.4, -0.2) is 17.4 Å². The number of para-hydroxylation sites is 1. The summed E-state index contributed by atoms with van der Waals surface area (Å²) in [6.07, 6.45) is 4.77. The summed E-state index contributed by atoms with van der Waals surface area (Å²) in [5, 5.41) is 0. The van der Waals surface area contributed by atoms with Gasteiger partial charge in [0.25, 0.3) is 0 Å². The molecule has 2 rings (SSSR count). The molecular formula is C16H22N2OS. The molecule has 1 aromatic rings. The topological polar surface area (TPSA) is 46.3 Å². The van der Waals surface area contributed by atoms with Crippen molar-refractivity contribution in [3.8, 4) is 0 Å². The van der Waals surface area contributed by atoms with Crippen LogP contribution < -0.4 is 10.6 Å². The lowest BCUT2D eigenvalue weighted by atomic mass is 9.72. The Kier molecular flexibility index (Phi) is 4.76. The van der Waals surface area contributed by atoms with Gasteiger partial charge in [0.05, 0.1) is 10.4 Å². The van der Waals surface area contributed by atoms with E-state index in [0.717, 1.165) is 37.8 Å². The number of thiocarbonyl (C=S) groups is 1. The van der Waals surface area contributed by atoms with Crippen LogP contribution in [0.5, 0.6) is 0 Å². The van der Waals surface area contributed by atoms with Crippen LogP contribution in [0.25, 0.3) is 0 Å². The molecule has 4 heteroatoms. The van der Waals surface area contributed by atoms with E-state index in [0.29, 0.717) is 11.5 Å². The smallest absolute Gasteiger partial charge is 0.240 e.